The highest BCUT2D eigenvalue weighted by atomic mass is 16.3. The van der Waals surface area contributed by atoms with Crippen LogP contribution in [-0.2, 0) is 0 Å². The van der Waals surface area contributed by atoms with Gasteiger partial charge in [0.25, 0.3) is 0 Å². The van der Waals surface area contributed by atoms with Gasteiger partial charge in [-0.2, -0.15) is 0 Å². The molecule has 2 fully saturated rings. The van der Waals surface area contributed by atoms with E-state index in [1.807, 2.05) is 0 Å². The zero-order valence-electron chi connectivity index (χ0n) is 9.09. The molecule has 2 rings (SSSR count). The number of fused-ring (bicyclic) bond motifs is 2. The Balaban J connectivity index is 2.18. The lowest BCUT2D eigenvalue weighted by molar-refractivity contribution is -0.00394. The van der Waals surface area contributed by atoms with Crippen LogP contribution in [0.15, 0.2) is 0 Å². The Labute approximate surface area is 81.5 Å². The highest BCUT2D eigenvalue weighted by molar-refractivity contribution is 5.03. The Hall–Kier alpha value is -0.0400. The van der Waals surface area contributed by atoms with E-state index in [0.717, 1.165) is 18.3 Å². The second-order valence-electron chi connectivity index (χ2n) is 5.59. The maximum absolute atomic E-state index is 10.0. The minimum Gasteiger partial charge on any atom is -0.393 e. The molecule has 1 N–H and O–H groups in total. The fraction of sp³-hybridized carbons (Fsp3) is 1.00. The first-order valence-electron chi connectivity index (χ1n) is 5.75. The molecule has 0 radical (unpaired) electrons. The average molecular weight is 182 g/mol. The molecule has 2 bridgehead atoms. The van der Waals surface area contributed by atoms with Crippen molar-refractivity contribution in [1.82, 2.24) is 0 Å². The minimum absolute atomic E-state index is 0.0506. The largest absolute Gasteiger partial charge is 0.393 e. The van der Waals surface area contributed by atoms with Crippen molar-refractivity contribution in [2.75, 3.05) is 0 Å². The van der Waals surface area contributed by atoms with Crippen molar-refractivity contribution >= 4 is 0 Å². The molecular weight excluding hydrogens is 160 g/mol. The summed E-state index contributed by atoms with van der Waals surface area (Å²) in [5.74, 6) is 2.30. The Bertz CT molecular complexity index is 197. The standard InChI is InChI=1S/C12H22O/c1-4-10(13)11-8-5-6-9(7-8)12(11,2)3/h8-11,13H,4-7H2,1-3H3/t8-,9-,10+,11-/m0/s1. The molecule has 2 aliphatic carbocycles. The van der Waals surface area contributed by atoms with Gasteiger partial charge in [-0.25, -0.2) is 0 Å². The molecule has 0 aromatic carbocycles. The van der Waals surface area contributed by atoms with Crippen LogP contribution in [0.1, 0.15) is 46.5 Å². The van der Waals surface area contributed by atoms with E-state index in [0.29, 0.717) is 11.3 Å². The van der Waals surface area contributed by atoms with Crippen LogP contribution in [-0.4, -0.2) is 11.2 Å². The lowest BCUT2D eigenvalue weighted by atomic mass is 9.66. The smallest absolute Gasteiger partial charge is 0.0573 e. The van der Waals surface area contributed by atoms with Crippen molar-refractivity contribution in [3.8, 4) is 0 Å². The van der Waals surface area contributed by atoms with Crippen molar-refractivity contribution in [2.45, 2.75) is 52.6 Å². The maximum atomic E-state index is 10.0. The van der Waals surface area contributed by atoms with Gasteiger partial charge in [0.1, 0.15) is 0 Å². The number of rotatable bonds is 2. The molecule has 0 aromatic rings. The van der Waals surface area contributed by atoms with Crippen LogP contribution in [0.25, 0.3) is 0 Å². The third-order valence-electron chi connectivity index (χ3n) is 4.73. The molecule has 13 heavy (non-hydrogen) atoms. The van der Waals surface area contributed by atoms with Crippen LogP contribution in [0.4, 0.5) is 0 Å². The van der Waals surface area contributed by atoms with E-state index >= 15 is 0 Å². The zero-order chi connectivity index (χ0) is 9.64. The van der Waals surface area contributed by atoms with Crippen LogP contribution in [0.2, 0.25) is 0 Å². The van der Waals surface area contributed by atoms with Crippen LogP contribution in [0, 0.1) is 23.2 Å². The second-order valence-corrected chi connectivity index (χ2v) is 5.59. The van der Waals surface area contributed by atoms with Gasteiger partial charge in [-0.05, 0) is 48.9 Å². The van der Waals surface area contributed by atoms with Crippen molar-refractivity contribution in [3.05, 3.63) is 0 Å². The summed E-state index contributed by atoms with van der Waals surface area (Å²) in [6.07, 6.45) is 5.04. The van der Waals surface area contributed by atoms with Gasteiger partial charge >= 0.3 is 0 Å². The molecule has 0 amide bonds. The molecule has 4 atom stereocenters. The molecule has 1 nitrogen and oxygen atoms in total. The van der Waals surface area contributed by atoms with Gasteiger partial charge in [0.15, 0.2) is 0 Å². The van der Waals surface area contributed by atoms with E-state index in [4.69, 9.17) is 0 Å². The van der Waals surface area contributed by atoms with Gasteiger partial charge in [0.05, 0.1) is 6.10 Å². The topological polar surface area (TPSA) is 20.2 Å². The highest BCUT2D eigenvalue weighted by Gasteiger charge is 2.54. The molecule has 0 aromatic heterocycles. The highest BCUT2D eigenvalue weighted by Crippen LogP contribution is 2.60. The summed E-state index contributed by atoms with van der Waals surface area (Å²) in [5.41, 5.74) is 0.401. The van der Waals surface area contributed by atoms with Gasteiger partial charge < -0.3 is 5.11 Å². The third-order valence-corrected chi connectivity index (χ3v) is 4.73. The zero-order valence-corrected chi connectivity index (χ0v) is 9.09. The van der Waals surface area contributed by atoms with Gasteiger partial charge in [-0.1, -0.05) is 20.8 Å². The van der Waals surface area contributed by atoms with Crippen LogP contribution in [0.5, 0.6) is 0 Å². The molecule has 1 heteroatoms. The Morgan fingerprint density at radius 3 is 2.54 bits per heavy atom. The summed E-state index contributed by atoms with van der Waals surface area (Å²) in [7, 11) is 0. The van der Waals surface area contributed by atoms with Gasteiger partial charge in [0.2, 0.25) is 0 Å². The fourth-order valence-electron chi connectivity index (χ4n) is 3.96. The van der Waals surface area contributed by atoms with Gasteiger partial charge in [-0.3, -0.25) is 0 Å². The Morgan fingerprint density at radius 2 is 2.08 bits per heavy atom. The second kappa shape index (κ2) is 2.98. The maximum Gasteiger partial charge on any atom is 0.0573 e. The quantitative estimate of drug-likeness (QED) is 0.696. The average Bonchev–Trinajstić information content (AvgIpc) is 2.60. The van der Waals surface area contributed by atoms with Crippen LogP contribution in [0.3, 0.4) is 0 Å². The van der Waals surface area contributed by atoms with E-state index in [2.05, 4.69) is 20.8 Å². The monoisotopic (exact) mass is 182 g/mol. The van der Waals surface area contributed by atoms with E-state index < -0.39 is 0 Å². The minimum atomic E-state index is -0.0506. The molecular formula is C12H22O. The predicted octanol–water partition coefficient (Wildman–Crippen LogP) is 2.83. The van der Waals surface area contributed by atoms with Crippen molar-refractivity contribution < 1.29 is 5.11 Å². The van der Waals surface area contributed by atoms with Crippen LogP contribution < -0.4 is 0 Å². The van der Waals surface area contributed by atoms with E-state index in [1.54, 1.807) is 0 Å². The Kier molecular flexibility index (Phi) is 2.18. The number of aliphatic hydroxyl groups is 1. The molecule has 0 aliphatic heterocycles. The Morgan fingerprint density at radius 1 is 1.38 bits per heavy atom. The molecule has 2 saturated carbocycles. The summed E-state index contributed by atoms with van der Waals surface area (Å²) < 4.78 is 0. The molecule has 0 spiro atoms. The number of hydrogen-bond donors (Lipinski definition) is 1. The molecule has 76 valence electrons. The summed E-state index contributed by atoms with van der Waals surface area (Å²) >= 11 is 0. The van der Waals surface area contributed by atoms with Crippen molar-refractivity contribution in [2.24, 2.45) is 23.2 Å². The van der Waals surface area contributed by atoms with Gasteiger partial charge in [0, 0.05) is 0 Å². The summed E-state index contributed by atoms with van der Waals surface area (Å²) in [4.78, 5) is 0. The molecule has 2 aliphatic rings. The lowest BCUT2D eigenvalue weighted by Gasteiger charge is -2.40. The first-order valence-corrected chi connectivity index (χ1v) is 5.75. The molecule has 0 unspecified atom stereocenters. The SMILES string of the molecule is CC[C@@H](O)[C@@H]1[C@H]2CC[C@@H](C2)C1(C)C. The van der Waals surface area contributed by atoms with Crippen molar-refractivity contribution in [1.29, 1.82) is 0 Å². The molecule has 0 heterocycles. The summed E-state index contributed by atoms with van der Waals surface area (Å²) in [6.45, 7) is 6.83. The fourth-order valence-corrected chi connectivity index (χ4v) is 3.96. The number of hydrogen-bond acceptors (Lipinski definition) is 1. The summed E-state index contributed by atoms with van der Waals surface area (Å²) in [5, 5.41) is 10.0. The van der Waals surface area contributed by atoms with Gasteiger partial charge in [-0.15, -0.1) is 0 Å². The van der Waals surface area contributed by atoms with Crippen molar-refractivity contribution in [3.63, 3.8) is 0 Å². The van der Waals surface area contributed by atoms with E-state index in [1.165, 1.54) is 19.3 Å². The molecule has 0 saturated heterocycles. The van der Waals surface area contributed by atoms with E-state index in [9.17, 15) is 5.11 Å². The summed E-state index contributed by atoms with van der Waals surface area (Å²) in [6, 6.07) is 0. The van der Waals surface area contributed by atoms with E-state index in [-0.39, 0.29) is 6.10 Å². The third kappa shape index (κ3) is 1.24. The van der Waals surface area contributed by atoms with Crippen LogP contribution >= 0.6 is 0 Å². The first-order chi connectivity index (χ1) is 6.07. The number of aliphatic hydroxyl groups excluding tert-OH is 1. The lowest BCUT2D eigenvalue weighted by Crippen LogP contribution is -2.38. The first kappa shape index (κ1) is 9.51. The predicted molar refractivity (Wildman–Crippen MR) is 54.4 cm³/mol. The normalized spacial score (nSPS) is 43.8.